The average Bonchev–Trinajstić information content (AvgIpc) is 3.01. The van der Waals surface area contributed by atoms with Gasteiger partial charge in [0.25, 0.3) is 0 Å². The first-order valence-electron chi connectivity index (χ1n) is 6.92. The third kappa shape index (κ3) is 3.55. The van der Waals surface area contributed by atoms with Gasteiger partial charge in [-0.1, -0.05) is 29.4 Å². The van der Waals surface area contributed by atoms with Crippen LogP contribution in [0.5, 0.6) is 0 Å². The van der Waals surface area contributed by atoms with E-state index in [1.165, 1.54) is 11.1 Å². The molecule has 1 aromatic carbocycles. The maximum absolute atomic E-state index is 4.53. The summed E-state index contributed by atoms with van der Waals surface area (Å²) < 4.78 is 4.53. The summed E-state index contributed by atoms with van der Waals surface area (Å²) in [5.41, 5.74) is 2.58. The fraction of sp³-hybridized carbons (Fsp3) is 0.429. The highest BCUT2D eigenvalue weighted by Gasteiger charge is 2.09. The largest absolute Gasteiger partial charge is 0.362 e. The molecule has 3 rings (SSSR count). The van der Waals surface area contributed by atoms with Gasteiger partial charge in [0.1, 0.15) is 6.20 Å². The van der Waals surface area contributed by atoms with Crippen LogP contribution >= 0.6 is 0 Å². The van der Waals surface area contributed by atoms with Crippen molar-refractivity contribution in [2.75, 3.05) is 31.5 Å². The van der Waals surface area contributed by atoms with Crippen molar-refractivity contribution in [2.24, 2.45) is 0 Å². The van der Waals surface area contributed by atoms with Gasteiger partial charge in [0.2, 0.25) is 0 Å². The maximum atomic E-state index is 4.53. The SMILES string of the molecule is c1cc(CN2CCNCC2)ccc1CNc1cnon1. The van der Waals surface area contributed by atoms with E-state index in [1.807, 2.05) is 0 Å². The molecule has 0 atom stereocenters. The number of benzene rings is 1. The Morgan fingerprint density at radius 2 is 1.90 bits per heavy atom. The molecule has 0 radical (unpaired) electrons. The van der Waals surface area contributed by atoms with E-state index in [4.69, 9.17) is 0 Å². The second-order valence-electron chi connectivity index (χ2n) is 4.99. The van der Waals surface area contributed by atoms with Gasteiger partial charge in [-0.05, 0) is 16.3 Å². The molecule has 0 amide bonds. The van der Waals surface area contributed by atoms with Crippen molar-refractivity contribution in [1.82, 2.24) is 20.5 Å². The first-order chi connectivity index (χ1) is 9.90. The zero-order valence-electron chi connectivity index (χ0n) is 11.4. The Balaban J connectivity index is 1.51. The summed E-state index contributed by atoms with van der Waals surface area (Å²) in [5.74, 6) is 0.662. The number of nitrogens with zero attached hydrogens (tertiary/aromatic N) is 3. The number of nitrogens with one attached hydrogen (secondary N) is 2. The van der Waals surface area contributed by atoms with Crippen LogP contribution in [0.2, 0.25) is 0 Å². The summed E-state index contributed by atoms with van der Waals surface area (Å²) in [6, 6.07) is 8.69. The molecule has 1 saturated heterocycles. The maximum Gasteiger partial charge on any atom is 0.191 e. The Kier molecular flexibility index (Phi) is 4.25. The minimum absolute atomic E-state index is 0.662. The van der Waals surface area contributed by atoms with E-state index in [-0.39, 0.29) is 0 Å². The fourth-order valence-electron chi connectivity index (χ4n) is 2.33. The standard InChI is InChI=1S/C14H19N5O/c1-3-13(11-19-7-5-15-6-8-19)4-2-12(1)9-16-14-10-17-20-18-14/h1-4,10,15H,5-9,11H2,(H,16,18). The number of piperazine rings is 1. The number of hydrogen-bond acceptors (Lipinski definition) is 6. The van der Waals surface area contributed by atoms with Crippen LogP contribution in [-0.4, -0.2) is 41.4 Å². The van der Waals surface area contributed by atoms with Crippen molar-refractivity contribution in [3.8, 4) is 0 Å². The van der Waals surface area contributed by atoms with E-state index < -0.39 is 0 Å². The summed E-state index contributed by atoms with van der Waals surface area (Å²) in [7, 11) is 0. The van der Waals surface area contributed by atoms with Crippen LogP contribution in [0.15, 0.2) is 35.1 Å². The molecule has 20 heavy (non-hydrogen) atoms. The molecule has 2 heterocycles. The fourth-order valence-corrected chi connectivity index (χ4v) is 2.33. The summed E-state index contributed by atoms with van der Waals surface area (Å²) in [6.45, 7) is 6.19. The van der Waals surface area contributed by atoms with Gasteiger partial charge < -0.3 is 10.6 Å². The van der Waals surface area contributed by atoms with Crippen LogP contribution in [-0.2, 0) is 13.1 Å². The molecule has 0 saturated carbocycles. The average molecular weight is 273 g/mol. The van der Waals surface area contributed by atoms with E-state index in [0.717, 1.165) is 39.3 Å². The van der Waals surface area contributed by atoms with Gasteiger partial charge in [-0.15, -0.1) is 0 Å². The Morgan fingerprint density at radius 3 is 2.60 bits per heavy atom. The van der Waals surface area contributed by atoms with Crippen molar-refractivity contribution in [2.45, 2.75) is 13.1 Å². The van der Waals surface area contributed by atoms with Crippen LogP contribution in [0.4, 0.5) is 5.82 Å². The number of hydrogen-bond donors (Lipinski definition) is 2. The lowest BCUT2D eigenvalue weighted by atomic mass is 10.1. The van der Waals surface area contributed by atoms with Crippen molar-refractivity contribution in [3.05, 3.63) is 41.6 Å². The second kappa shape index (κ2) is 6.49. The second-order valence-corrected chi connectivity index (χ2v) is 4.99. The van der Waals surface area contributed by atoms with Gasteiger partial charge in [-0.3, -0.25) is 4.90 Å². The lowest BCUT2D eigenvalue weighted by Crippen LogP contribution is -2.42. The Hall–Kier alpha value is -1.92. The zero-order valence-corrected chi connectivity index (χ0v) is 11.4. The lowest BCUT2D eigenvalue weighted by Gasteiger charge is -2.27. The Bertz CT molecular complexity index is 505. The number of rotatable bonds is 5. The molecule has 1 aliphatic rings. The number of anilines is 1. The monoisotopic (exact) mass is 273 g/mol. The minimum atomic E-state index is 0.662. The van der Waals surface area contributed by atoms with E-state index in [0.29, 0.717) is 5.82 Å². The molecular weight excluding hydrogens is 254 g/mol. The molecule has 0 spiro atoms. The molecule has 6 heteroatoms. The van der Waals surface area contributed by atoms with Gasteiger partial charge in [-0.2, -0.15) is 0 Å². The Morgan fingerprint density at radius 1 is 1.15 bits per heavy atom. The van der Waals surface area contributed by atoms with Crippen molar-refractivity contribution >= 4 is 5.82 Å². The molecular formula is C14H19N5O. The van der Waals surface area contributed by atoms with Crippen LogP contribution in [0.1, 0.15) is 11.1 Å². The van der Waals surface area contributed by atoms with Gasteiger partial charge in [-0.25, -0.2) is 4.63 Å². The molecule has 6 nitrogen and oxygen atoms in total. The van der Waals surface area contributed by atoms with Crippen molar-refractivity contribution < 1.29 is 4.63 Å². The quantitative estimate of drug-likeness (QED) is 0.850. The number of aromatic nitrogens is 2. The molecule has 1 aliphatic heterocycles. The van der Waals surface area contributed by atoms with E-state index >= 15 is 0 Å². The normalized spacial score (nSPS) is 16.2. The van der Waals surface area contributed by atoms with E-state index in [2.05, 4.69) is 54.7 Å². The molecule has 1 fully saturated rings. The lowest BCUT2D eigenvalue weighted by molar-refractivity contribution is 0.233. The van der Waals surface area contributed by atoms with Gasteiger partial charge in [0, 0.05) is 39.3 Å². The first-order valence-corrected chi connectivity index (χ1v) is 6.92. The third-order valence-electron chi connectivity index (χ3n) is 3.47. The molecule has 1 aromatic heterocycles. The summed E-state index contributed by atoms with van der Waals surface area (Å²) in [6.07, 6.45) is 1.57. The van der Waals surface area contributed by atoms with Crippen LogP contribution in [0.3, 0.4) is 0 Å². The van der Waals surface area contributed by atoms with Crippen LogP contribution in [0, 0.1) is 0 Å². The van der Waals surface area contributed by atoms with Gasteiger partial charge >= 0.3 is 0 Å². The molecule has 0 unspecified atom stereocenters. The summed E-state index contributed by atoms with van der Waals surface area (Å²) in [5, 5.41) is 13.8. The molecule has 0 bridgehead atoms. The predicted molar refractivity (Wildman–Crippen MR) is 76.2 cm³/mol. The van der Waals surface area contributed by atoms with E-state index in [9.17, 15) is 0 Å². The summed E-state index contributed by atoms with van der Waals surface area (Å²) in [4.78, 5) is 2.48. The molecule has 0 aliphatic carbocycles. The Labute approximate surface area is 118 Å². The summed E-state index contributed by atoms with van der Waals surface area (Å²) >= 11 is 0. The molecule has 106 valence electrons. The first kappa shape index (κ1) is 13.1. The topological polar surface area (TPSA) is 66.2 Å². The van der Waals surface area contributed by atoms with Crippen molar-refractivity contribution in [1.29, 1.82) is 0 Å². The van der Waals surface area contributed by atoms with Gasteiger partial charge in [0.15, 0.2) is 5.82 Å². The van der Waals surface area contributed by atoms with Gasteiger partial charge in [0.05, 0.1) is 0 Å². The third-order valence-corrected chi connectivity index (χ3v) is 3.47. The van der Waals surface area contributed by atoms with Crippen molar-refractivity contribution in [3.63, 3.8) is 0 Å². The van der Waals surface area contributed by atoms with Crippen LogP contribution < -0.4 is 10.6 Å². The minimum Gasteiger partial charge on any atom is -0.362 e. The highest BCUT2D eigenvalue weighted by Crippen LogP contribution is 2.10. The van der Waals surface area contributed by atoms with E-state index in [1.54, 1.807) is 6.20 Å². The van der Waals surface area contributed by atoms with Crippen LogP contribution in [0.25, 0.3) is 0 Å². The predicted octanol–water partition coefficient (Wildman–Crippen LogP) is 1.09. The zero-order chi connectivity index (χ0) is 13.6. The smallest absolute Gasteiger partial charge is 0.191 e. The molecule has 2 aromatic rings. The highest BCUT2D eigenvalue weighted by molar-refractivity contribution is 5.31. The highest BCUT2D eigenvalue weighted by atomic mass is 16.6. The molecule has 2 N–H and O–H groups in total.